The van der Waals surface area contributed by atoms with Crippen LogP contribution in [-0.4, -0.2) is 59.0 Å². The molecule has 1 saturated carbocycles. The molecule has 3 aliphatic rings. The van der Waals surface area contributed by atoms with Crippen molar-refractivity contribution in [3.63, 3.8) is 0 Å². The molecule has 0 radical (unpaired) electrons. The highest BCUT2D eigenvalue weighted by atomic mass is 16.5. The molecule has 2 saturated heterocycles. The Kier molecular flexibility index (Phi) is 5.49. The first-order chi connectivity index (χ1) is 15.8. The number of hydrogen-bond donors (Lipinski definition) is 1. The summed E-state index contributed by atoms with van der Waals surface area (Å²) in [7, 11) is 0. The minimum Gasteiger partial charge on any atom is -0.381 e. The van der Waals surface area contributed by atoms with E-state index in [9.17, 15) is 0 Å². The van der Waals surface area contributed by atoms with Crippen molar-refractivity contribution in [1.82, 2.24) is 20.1 Å². The lowest BCUT2D eigenvalue weighted by Gasteiger charge is -2.27. The molecule has 6 rings (SSSR count). The Bertz CT molecular complexity index is 1050. The van der Waals surface area contributed by atoms with Gasteiger partial charge in [-0.15, -0.1) is 10.2 Å². The third-order valence-electron chi connectivity index (χ3n) is 7.60. The van der Waals surface area contributed by atoms with Gasteiger partial charge in [0, 0.05) is 56.0 Å². The van der Waals surface area contributed by atoms with Gasteiger partial charge >= 0.3 is 0 Å². The maximum atomic E-state index is 5.52. The molecule has 0 spiro atoms. The van der Waals surface area contributed by atoms with Crippen LogP contribution in [0.25, 0.3) is 22.2 Å². The topological polar surface area (TPSA) is 63.2 Å². The summed E-state index contributed by atoms with van der Waals surface area (Å²) in [5.74, 6) is 3.38. The number of ether oxygens (including phenoxy) is 1. The van der Waals surface area contributed by atoms with E-state index in [1.807, 2.05) is 18.3 Å². The quantitative estimate of drug-likeness (QED) is 0.655. The van der Waals surface area contributed by atoms with E-state index in [-0.39, 0.29) is 0 Å². The van der Waals surface area contributed by atoms with Crippen molar-refractivity contribution in [2.24, 2.45) is 17.8 Å². The summed E-state index contributed by atoms with van der Waals surface area (Å²) >= 11 is 0. The highest BCUT2D eigenvalue weighted by molar-refractivity contribution is 5.83. The molecule has 4 heterocycles. The maximum Gasteiger partial charge on any atom is 0.148 e. The van der Waals surface area contributed by atoms with Crippen LogP contribution >= 0.6 is 0 Å². The lowest BCUT2D eigenvalue weighted by molar-refractivity contribution is 0.0545. The van der Waals surface area contributed by atoms with E-state index in [4.69, 9.17) is 4.74 Å². The molecule has 0 amide bonds. The van der Waals surface area contributed by atoms with Gasteiger partial charge in [-0.3, -0.25) is 4.98 Å². The van der Waals surface area contributed by atoms with Crippen LogP contribution in [0.4, 0.5) is 5.82 Å². The molecular formula is C26H31N5O. The smallest absolute Gasteiger partial charge is 0.148 e. The zero-order valence-electron chi connectivity index (χ0n) is 18.5. The lowest BCUT2D eigenvalue weighted by Crippen LogP contribution is -2.32. The van der Waals surface area contributed by atoms with Gasteiger partial charge in [-0.2, -0.15) is 0 Å². The van der Waals surface area contributed by atoms with E-state index in [0.717, 1.165) is 58.9 Å². The fourth-order valence-electron chi connectivity index (χ4n) is 5.97. The van der Waals surface area contributed by atoms with Crippen LogP contribution in [0.5, 0.6) is 0 Å². The molecule has 3 atom stereocenters. The molecule has 32 heavy (non-hydrogen) atoms. The Morgan fingerprint density at radius 1 is 0.969 bits per heavy atom. The monoisotopic (exact) mass is 429 g/mol. The number of benzene rings is 1. The van der Waals surface area contributed by atoms with Crippen molar-refractivity contribution in [3.05, 3.63) is 48.7 Å². The molecule has 6 nitrogen and oxygen atoms in total. The van der Waals surface area contributed by atoms with E-state index in [2.05, 4.69) is 55.7 Å². The van der Waals surface area contributed by atoms with Gasteiger partial charge in [0.05, 0.1) is 11.2 Å². The normalized spacial score (nSPS) is 26.4. The Labute approximate surface area is 189 Å². The van der Waals surface area contributed by atoms with E-state index in [1.54, 1.807) is 0 Å². The van der Waals surface area contributed by atoms with Crippen molar-refractivity contribution in [1.29, 1.82) is 0 Å². The van der Waals surface area contributed by atoms with Crippen molar-refractivity contribution < 1.29 is 4.74 Å². The van der Waals surface area contributed by atoms with Crippen LogP contribution < -0.4 is 5.32 Å². The summed E-state index contributed by atoms with van der Waals surface area (Å²) in [5, 5.41) is 13.8. The summed E-state index contributed by atoms with van der Waals surface area (Å²) in [5.41, 5.74) is 2.97. The van der Waals surface area contributed by atoms with Crippen molar-refractivity contribution in [2.45, 2.75) is 31.7 Å². The molecule has 166 valence electrons. The lowest BCUT2D eigenvalue weighted by atomic mass is 10.00. The van der Waals surface area contributed by atoms with E-state index in [0.29, 0.717) is 6.04 Å². The Morgan fingerprint density at radius 3 is 2.59 bits per heavy atom. The highest BCUT2D eigenvalue weighted by Crippen LogP contribution is 2.39. The predicted molar refractivity (Wildman–Crippen MR) is 126 cm³/mol. The number of fused-ring (bicyclic) bond motifs is 2. The van der Waals surface area contributed by atoms with E-state index >= 15 is 0 Å². The zero-order chi connectivity index (χ0) is 21.3. The molecule has 1 aromatic carbocycles. The first-order valence-electron chi connectivity index (χ1n) is 12.1. The largest absolute Gasteiger partial charge is 0.381 e. The molecular weight excluding hydrogens is 398 g/mol. The van der Waals surface area contributed by atoms with E-state index in [1.165, 1.54) is 45.3 Å². The standard InChI is InChI=1S/C26H31N5O/c1-2-19-12-20(3-4-24(19)27-9-1)25-5-6-26(30-29-25)28-23-13-21-16-31(17-22(21)14-23)15-18-7-10-32-11-8-18/h1-6,9,12,18,21-23H,7-8,10-11,13-17H2,(H,28,30)/t21-,22+,23?. The average Bonchev–Trinajstić information content (AvgIpc) is 3.38. The second kappa shape index (κ2) is 8.75. The van der Waals surface area contributed by atoms with Crippen LogP contribution in [0.1, 0.15) is 25.7 Å². The van der Waals surface area contributed by atoms with Crippen molar-refractivity contribution in [2.75, 3.05) is 38.2 Å². The zero-order valence-corrected chi connectivity index (χ0v) is 18.5. The number of aromatic nitrogens is 3. The molecule has 1 aliphatic carbocycles. The van der Waals surface area contributed by atoms with E-state index < -0.39 is 0 Å². The number of nitrogens with one attached hydrogen (secondary N) is 1. The van der Waals surface area contributed by atoms with Gasteiger partial charge in [0.2, 0.25) is 0 Å². The first kappa shape index (κ1) is 20.1. The van der Waals surface area contributed by atoms with Crippen molar-refractivity contribution >= 4 is 16.7 Å². The van der Waals surface area contributed by atoms with Crippen LogP contribution in [0.3, 0.4) is 0 Å². The maximum absolute atomic E-state index is 5.52. The van der Waals surface area contributed by atoms with Gasteiger partial charge in [0.25, 0.3) is 0 Å². The molecule has 6 heteroatoms. The van der Waals surface area contributed by atoms with Crippen LogP contribution in [0.2, 0.25) is 0 Å². The van der Waals surface area contributed by atoms with Gasteiger partial charge in [-0.1, -0.05) is 12.1 Å². The Morgan fingerprint density at radius 2 is 1.81 bits per heavy atom. The predicted octanol–water partition coefficient (Wildman–Crippen LogP) is 4.24. The van der Waals surface area contributed by atoms with Crippen LogP contribution in [0.15, 0.2) is 48.7 Å². The number of anilines is 1. The number of pyridine rings is 1. The molecule has 2 aromatic heterocycles. The molecule has 1 unspecified atom stereocenters. The summed E-state index contributed by atoms with van der Waals surface area (Å²) < 4.78 is 5.52. The van der Waals surface area contributed by atoms with Gasteiger partial charge in [-0.05, 0) is 73.8 Å². The summed E-state index contributed by atoms with van der Waals surface area (Å²) in [6.45, 7) is 5.71. The van der Waals surface area contributed by atoms with Gasteiger partial charge in [0.15, 0.2) is 0 Å². The van der Waals surface area contributed by atoms with Crippen LogP contribution in [-0.2, 0) is 4.74 Å². The molecule has 1 N–H and O–H groups in total. The minimum atomic E-state index is 0.516. The minimum absolute atomic E-state index is 0.516. The average molecular weight is 430 g/mol. The Hall–Kier alpha value is -2.57. The van der Waals surface area contributed by atoms with Crippen molar-refractivity contribution in [3.8, 4) is 11.3 Å². The number of nitrogens with zero attached hydrogens (tertiary/aromatic N) is 4. The molecule has 3 fully saturated rings. The number of rotatable bonds is 5. The fraction of sp³-hybridized carbons (Fsp3) is 0.500. The van der Waals surface area contributed by atoms with Crippen LogP contribution in [0, 0.1) is 17.8 Å². The summed E-state index contributed by atoms with van der Waals surface area (Å²) in [4.78, 5) is 7.11. The molecule has 2 aliphatic heterocycles. The SMILES string of the molecule is c1cnc2ccc(-c3ccc(NC4C[C@@H]5CN(CC6CCOCC6)C[C@@H]5C4)nn3)cc2c1. The highest BCUT2D eigenvalue weighted by Gasteiger charge is 2.41. The fourth-order valence-corrected chi connectivity index (χ4v) is 5.97. The second-order valence-electron chi connectivity index (χ2n) is 9.82. The number of likely N-dealkylation sites (tertiary alicyclic amines) is 1. The Balaban J connectivity index is 1.04. The summed E-state index contributed by atoms with van der Waals surface area (Å²) in [6.07, 6.45) is 6.79. The van der Waals surface area contributed by atoms with Gasteiger partial charge < -0.3 is 15.0 Å². The van der Waals surface area contributed by atoms with Gasteiger partial charge in [0.1, 0.15) is 5.82 Å². The molecule has 0 bridgehead atoms. The number of hydrogen-bond acceptors (Lipinski definition) is 6. The second-order valence-corrected chi connectivity index (χ2v) is 9.82. The third-order valence-corrected chi connectivity index (χ3v) is 7.60. The molecule has 3 aromatic rings. The van der Waals surface area contributed by atoms with Gasteiger partial charge in [-0.25, -0.2) is 0 Å². The first-order valence-corrected chi connectivity index (χ1v) is 12.1. The third kappa shape index (κ3) is 4.21. The summed E-state index contributed by atoms with van der Waals surface area (Å²) in [6, 6.07) is 14.9.